The van der Waals surface area contributed by atoms with Crippen molar-refractivity contribution in [2.45, 2.75) is 18.9 Å². The molecule has 1 aromatic rings. The van der Waals surface area contributed by atoms with Crippen molar-refractivity contribution in [3.63, 3.8) is 0 Å². The average molecular weight is 292 g/mol. The molecular weight excluding hydrogens is 280 g/mol. The first-order valence-corrected chi connectivity index (χ1v) is 6.09. The Kier molecular flexibility index (Phi) is 3.97. The summed E-state index contributed by atoms with van der Waals surface area (Å²) in [4.78, 5) is 51.2. The zero-order valence-corrected chi connectivity index (χ0v) is 11.1. The summed E-state index contributed by atoms with van der Waals surface area (Å²) in [6, 6.07) is -0.0640. The van der Waals surface area contributed by atoms with Crippen molar-refractivity contribution in [2.24, 2.45) is 0 Å². The fraction of sp³-hybridized carbons (Fsp3) is 0.308. The molecule has 2 amide bonds. The summed E-state index contributed by atoms with van der Waals surface area (Å²) in [5.74, 6) is -3.39. The fourth-order valence-corrected chi connectivity index (χ4v) is 2.11. The van der Waals surface area contributed by atoms with Gasteiger partial charge in [0.15, 0.2) is 0 Å². The van der Waals surface area contributed by atoms with Gasteiger partial charge in [-0.25, -0.2) is 4.79 Å². The minimum absolute atomic E-state index is 0.0619. The molecule has 21 heavy (non-hydrogen) atoms. The van der Waals surface area contributed by atoms with Crippen LogP contribution in [-0.4, -0.2) is 51.9 Å². The maximum absolute atomic E-state index is 12.2. The summed E-state index contributed by atoms with van der Waals surface area (Å²) in [6.07, 6.45) is 2.15. The molecule has 0 aromatic carbocycles. The van der Waals surface area contributed by atoms with Crippen molar-refractivity contribution in [3.8, 4) is 0 Å². The van der Waals surface area contributed by atoms with Crippen LogP contribution in [0.1, 0.15) is 33.6 Å². The maximum atomic E-state index is 12.2. The summed E-state index contributed by atoms with van der Waals surface area (Å²) in [5.41, 5.74) is 0.172. The van der Waals surface area contributed by atoms with Crippen molar-refractivity contribution in [1.82, 2.24) is 9.88 Å². The van der Waals surface area contributed by atoms with Gasteiger partial charge in [-0.2, -0.15) is 0 Å². The second-order valence-corrected chi connectivity index (χ2v) is 4.37. The van der Waals surface area contributed by atoms with Gasteiger partial charge in [-0.1, -0.05) is 0 Å². The normalized spacial score (nSPS) is 14.8. The number of amides is 2. The number of methoxy groups -OCH3 is 1. The first-order chi connectivity index (χ1) is 9.97. The SMILES string of the molecule is COC(=O)CCC(C(=O)O)N1C(=O)c2ccncc2C1=O. The molecule has 1 aliphatic heterocycles. The van der Waals surface area contributed by atoms with Crippen molar-refractivity contribution in [3.05, 3.63) is 29.6 Å². The van der Waals surface area contributed by atoms with Gasteiger partial charge in [0.25, 0.3) is 11.8 Å². The number of hydrogen-bond donors (Lipinski definition) is 1. The number of carbonyl (C=O) groups excluding carboxylic acids is 3. The second kappa shape index (κ2) is 5.70. The van der Waals surface area contributed by atoms with Crippen LogP contribution in [0.2, 0.25) is 0 Å². The smallest absolute Gasteiger partial charge is 0.326 e. The van der Waals surface area contributed by atoms with E-state index in [1.54, 1.807) is 0 Å². The number of aromatic nitrogens is 1. The molecule has 110 valence electrons. The van der Waals surface area contributed by atoms with Crippen LogP contribution in [0.15, 0.2) is 18.5 Å². The number of hydrogen-bond acceptors (Lipinski definition) is 6. The van der Waals surface area contributed by atoms with Crippen LogP contribution in [0.25, 0.3) is 0 Å². The van der Waals surface area contributed by atoms with Crippen molar-refractivity contribution in [2.75, 3.05) is 7.11 Å². The molecule has 1 N–H and O–H groups in total. The van der Waals surface area contributed by atoms with Crippen LogP contribution in [0.4, 0.5) is 0 Å². The van der Waals surface area contributed by atoms with E-state index < -0.39 is 29.8 Å². The van der Waals surface area contributed by atoms with Crippen LogP contribution < -0.4 is 0 Å². The molecule has 8 nitrogen and oxygen atoms in total. The third kappa shape index (κ3) is 2.60. The van der Waals surface area contributed by atoms with E-state index >= 15 is 0 Å². The van der Waals surface area contributed by atoms with Gasteiger partial charge >= 0.3 is 11.9 Å². The molecule has 8 heteroatoms. The van der Waals surface area contributed by atoms with Gasteiger partial charge in [0.2, 0.25) is 0 Å². The van der Waals surface area contributed by atoms with E-state index in [1.807, 2.05) is 0 Å². The van der Waals surface area contributed by atoms with Crippen LogP contribution in [0.5, 0.6) is 0 Å². The Balaban J connectivity index is 2.27. The van der Waals surface area contributed by atoms with Gasteiger partial charge in [0.05, 0.1) is 18.2 Å². The number of fused-ring (bicyclic) bond motifs is 1. The number of esters is 1. The Morgan fingerprint density at radius 2 is 2.00 bits per heavy atom. The lowest BCUT2D eigenvalue weighted by Crippen LogP contribution is -2.45. The van der Waals surface area contributed by atoms with E-state index in [2.05, 4.69) is 9.72 Å². The Bertz CT molecular complexity index is 592. The van der Waals surface area contributed by atoms with Gasteiger partial charge in [-0.15, -0.1) is 0 Å². The molecule has 0 saturated heterocycles. The number of carbonyl (C=O) groups is 4. The monoisotopic (exact) mass is 292 g/mol. The van der Waals surface area contributed by atoms with Gasteiger partial charge < -0.3 is 9.84 Å². The van der Waals surface area contributed by atoms with Crippen LogP contribution >= 0.6 is 0 Å². The molecule has 0 radical (unpaired) electrons. The van der Waals surface area contributed by atoms with Crippen molar-refractivity contribution in [1.29, 1.82) is 0 Å². The highest BCUT2D eigenvalue weighted by Crippen LogP contribution is 2.25. The topological polar surface area (TPSA) is 114 Å². The maximum Gasteiger partial charge on any atom is 0.326 e. The van der Waals surface area contributed by atoms with Crippen LogP contribution in [-0.2, 0) is 14.3 Å². The number of nitrogens with zero attached hydrogens (tertiary/aromatic N) is 2. The number of pyridine rings is 1. The van der Waals surface area contributed by atoms with Crippen LogP contribution in [0, 0.1) is 0 Å². The Hall–Kier alpha value is -2.77. The van der Waals surface area contributed by atoms with E-state index in [1.165, 1.54) is 25.6 Å². The van der Waals surface area contributed by atoms with E-state index in [0.717, 1.165) is 0 Å². The fourth-order valence-electron chi connectivity index (χ4n) is 2.11. The van der Waals surface area contributed by atoms with Crippen molar-refractivity contribution >= 4 is 23.8 Å². The summed E-state index contributed by atoms with van der Waals surface area (Å²) in [5, 5.41) is 9.22. The predicted octanol–water partition coefficient (Wildman–Crippen LogP) is 0.0840. The summed E-state index contributed by atoms with van der Waals surface area (Å²) in [7, 11) is 1.17. The lowest BCUT2D eigenvalue weighted by molar-refractivity contribution is -0.143. The van der Waals surface area contributed by atoms with E-state index in [4.69, 9.17) is 0 Å². The van der Waals surface area contributed by atoms with Crippen molar-refractivity contribution < 1.29 is 29.0 Å². The number of carboxylic acids is 1. The molecule has 1 unspecified atom stereocenters. The molecule has 2 heterocycles. The number of aliphatic carboxylic acids is 1. The minimum atomic E-state index is -1.42. The van der Waals surface area contributed by atoms with E-state index in [-0.39, 0.29) is 24.0 Å². The molecule has 0 fully saturated rings. The summed E-state index contributed by atoms with van der Waals surface area (Å²) >= 11 is 0. The zero-order valence-electron chi connectivity index (χ0n) is 11.1. The highest BCUT2D eigenvalue weighted by molar-refractivity contribution is 6.22. The molecule has 1 aliphatic rings. The first kappa shape index (κ1) is 14.6. The van der Waals surface area contributed by atoms with Gasteiger partial charge in [-0.3, -0.25) is 24.3 Å². The third-order valence-electron chi connectivity index (χ3n) is 3.17. The molecule has 1 atom stereocenters. The first-order valence-electron chi connectivity index (χ1n) is 6.09. The average Bonchev–Trinajstić information content (AvgIpc) is 2.72. The second-order valence-electron chi connectivity index (χ2n) is 4.37. The molecule has 0 aliphatic carbocycles. The number of ether oxygens (including phenoxy) is 1. The number of rotatable bonds is 5. The lowest BCUT2D eigenvalue weighted by Gasteiger charge is -2.21. The molecule has 0 saturated carbocycles. The van der Waals surface area contributed by atoms with Gasteiger partial charge in [0, 0.05) is 18.8 Å². The highest BCUT2D eigenvalue weighted by atomic mass is 16.5. The zero-order chi connectivity index (χ0) is 15.6. The number of carboxylic acid groups (broad SMARTS) is 1. The van der Waals surface area contributed by atoms with Gasteiger partial charge in [-0.05, 0) is 12.5 Å². The Morgan fingerprint density at radius 3 is 2.57 bits per heavy atom. The standard InChI is InChI=1S/C13H12N2O6/c1-21-10(16)3-2-9(13(19)20)15-11(17)7-4-5-14-6-8(7)12(15)18/h4-6,9H,2-3H2,1H3,(H,19,20). The third-order valence-corrected chi connectivity index (χ3v) is 3.17. The molecule has 0 spiro atoms. The van der Waals surface area contributed by atoms with Crippen LogP contribution in [0.3, 0.4) is 0 Å². The molecule has 1 aromatic heterocycles. The highest BCUT2D eigenvalue weighted by Gasteiger charge is 2.43. The Morgan fingerprint density at radius 1 is 1.33 bits per heavy atom. The van der Waals surface area contributed by atoms with E-state index in [9.17, 15) is 24.3 Å². The van der Waals surface area contributed by atoms with E-state index in [0.29, 0.717) is 4.90 Å². The lowest BCUT2D eigenvalue weighted by atomic mass is 10.1. The predicted molar refractivity (Wildman–Crippen MR) is 67.4 cm³/mol. The molecular formula is C13H12N2O6. The Labute approximate surface area is 119 Å². The van der Waals surface area contributed by atoms with Gasteiger partial charge in [0.1, 0.15) is 6.04 Å². The molecule has 2 rings (SSSR count). The quantitative estimate of drug-likeness (QED) is 0.604. The minimum Gasteiger partial charge on any atom is -0.480 e. The largest absolute Gasteiger partial charge is 0.480 e. The summed E-state index contributed by atoms with van der Waals surface area (Å²) in [6.45, 7) is 0. The summed E-state index contributed by atoms with van der Waals surface area (Å²) < 4.78 is 4.43. The number of imide groups is 1. The molecule has 0 bridgehead atoms.